The van der Waals surface area contributed by atoms with Gasteiger partial charge in [0.1, 0.15) is 6.04 Å². The summed E-state index contributed by atoms with van der Waals surface area (Å²) < 4.78 is 0. The van der Waals surface area contributed by atoms with Gasteiger partial charge in [-0.15, -0.1) is 0 Å². The van der Waals surface area contributed by atoms with Gasteiger partial charge in [-0.25, -0.2) is 0 Å². The first kappa shape index (κ1) is 21.8. The number of carbonyl (C=O) groups is 3. The van der Waals surface area contributed by atoms with Gasteiger partial charge in [0.2, 0.25) is 5.91 Å². The summed E-state index contributed by atoms with van der Waals surface area (Å²) in [6.07, 6.45) is 1.30. The van der Waals surface area contributed by atoms with Crippen molar-refractivity contribution >= 4 is 17.6 Å². The number of likely N-dealkylation sites (tertiary alicyclic amines) is 1. The highest BCUT2D eigenvalue weighted by Gasteiger charge is 2.33. The molecule has 0 spiro atoms. The predicted octanol–water partition coefficient (Wildman–Crippen LogP) is 3.87. The van der Waals surface area contributed by atoms with Gasteiger partial charge >= 0.3 is 0 Å². The molecule has 1 unspecified atom stereocenters. The van der Waals surface area contributed by atoms with E-state index < -0.39 is 6.04 Å². The number of carbonyl (C=O) groups excluding carboxylic acids is 3. The van der Waals surface area contributed by atoms with Crippen LogP contribution in [-0.2, 0) is 4.79 Å². The molecule has 30 heavy (non-hydrogen) atoms. The van der Waals surface area contributed by atoms with E-state index in [0.717, 1.165) is 11.1 Å². The van der Waals surface area contributed by atoms with Gasteiger partial charge in [0, 0.05) is 30.1 Å². The van der Waals surface area contributed by atoms with Crippen LogP contribution in [0, 0.1) is 18.8 Å². The molecular weight excluding hydrogens is 376 g/mol. The first-order valence-electron chi connectivity index (χ1n) is 10.6. The van der Waals surface area contributed by atoms with Gasteiger partial charge in [-0.1, -0.05) is 61.9 Å². The second-order valence-corrected chi connectivity index (χ2v) is 8.39. The predicted molar refractivity (Wildman–Crippen MR) is 117 cm³/mol. The molecule has 5 heteroatoms. The van der Waals surface area contributed by atoms with Crippen molar-refractivity contribution in [3.8, 4) is 0 Å². The maximum atomic E-state index is 13.1. The third kappa shape index (κ3) is 5.15. The zero-order valence-corrected chi connectivity index (χ0v) is 17.9. The number of Topliss-reactive ketones (excluding diaryl/α,β-unsaturated/α-hetero) is 1. The average molecular weight is 407 g/mol. The SMILES string of the molecule is Cc1cccc(C(=O)NC(C(=O)N2CCC(C(=O)c3ccccc3)CC2)C(C)C)c1. The largest absolute Gasteiger partial charge is 0.341 e. The van der Waals surface area contributed by atoms with Gasteiger partial charge in [-0.05, 0) is 37.8 Å². The minimum atomic E-state index is -0.584. The second kappa shape index (κ2) is 9.70. The third-order valence-electron chi connectivity index (χ3n) is 5.74. The molecule has 2 amide bonds. The van der Waals surface area contributed by atoms with Crippen molar-refractivity contribution < 1.29 is 14.4 Å². The number of rotatable bonds is 6. The van der Waals surface area contributed by atoms with Crippen LogP contribution in [0.25, 0.3) is 0 Å². The molecule has 1 fully saturated rings. The highest BCUT2D eigenvalue weighted by molar-refractivity contribution is 5.99. The number of ketones is 1. The fourth-order valence-electron chi connectivity index (χ4n) is 3.92. The summed E-state index contributed by atoms with van der Waals surface area (Å²) in [5.74, 6) is -0.252. The number of hydrogen-bond acceptors (Lipinski definition) is 3. The summed E-state index contributed by atoms with van der Waals surface area (Å²) in [5, 5.41) is 2.92. The molecule has 1 heterocycles. The van der Waals surface area contributed by atoms with Gasteiger partial charge < -0.3 is 10.2 Å². The summed E-state index contributed by atoms with van der Waals surface area (Å²) in [6, 6.07) is 16.1. The van der Waals surface area contributed by atoms with E-state index in [0.29, 0.717) is 31.5 Å². The molecule has 3 rings (SSSR count). The van der Waals surface area contributed by atoms with Crippen LogP contribution >= 0.6 is 0 Å². The van der Waals surface area contributed by atoms with Gasteiger partial charge in [0.25, 0.3) is 5.91 Å². The van der Waals surface area contributed by atoms with Crippen LogP contribution in [0.4, 0.5) is 0 Å². The van der Waals surface area contributed by atoms with Crippen molar-refractivity contribution in [2.75, 3.05) is 13.1 Å². The normalized spacial score (nSPS) is 15.7. The monoisotopic (exact) mass is 406 g/mol. The van der Waals surface area contributed by atoms with Crippen LogP contribution in [0.1, 0.15) is 53.0 Å². The van der Waals surface area contributed by atoms with Crippen molar-refractivity contribution in [1.82, 2.24) is 10.2 Å². The first-order valence-corrected chi connectivity index (χ1v) is 10.6. The third-order valence-corrected chi connectivity index (χ3v) is 5.74. The molecule has 0 saturated carbocycles. The topological polar surface area (TPSA) is 66.5 Å². The molecule has 0 bridgehead atoms. The van der Waals surface area contributed by atoms with E-state index in [1.165, 1.54) is 0 Å². The Morgan fingerprint density at radius 1 is 0.933 bits per heavy atom. The Hall–Kier alpha value is -2.95. The molecule has 1 aliphatic heterocycles. The summed E-state index contributed by atoms with van der Waals surface area (Å²) >= 11 is 0. The fraction of sp³-hybridized carbons (Fsp3) is 0.400. The molecule has 158 valence electrons. The van der Waals surface area contributed by atoms with Gasteiger partial charge in [-0.3, -0.25) is 14.4 Å². The second-order valence-electron chi connectivity index (χ2n) is 8.39. The molecule has 0 aromatic heterocycles. The van der Waals surface area contributed by atoms with Crippen molar-refractivity contribution in [1.29, 1.82) is 0 Å². The van der Waals surface area contributed by atoms with E-state index in [-0.39, 0.29) is 29.4 Å². The van der Waals surface area contributed by atoms with Crippen LogP contribution in [0.3, 0.4) is 0 Å². The number of benzene rings is 2. The summed E-state index contributed by atoms with van der Waals surface area (Å²) in [5.41, 5.74) is 2.29. The molecule has 1 atom stereocenters. The Balaban J connectivity index is 1.61. The van der Waals surface area contributed by atoms with Crippen molar-refractivity contribution in [2.45, 2.75) is 39.7 Å². The molecule has 1 saturated heterocycles. The fourth-order valence-corrected chi connectivity index (χ4v) is 3.92. The Bertz CT molecular complexity index is 900. The van der Waals surface area contributed by atoms with Crippen molar-refractivity contribution in [3.05, 3.63) is 71.3 Å². The number of aryl methyl sites for hydroxylation is 1. The van der Waals surface area contributed by atoms with Crippen LogP contribution in [0.2, 0.25) is 0 Å². The average Bonchev–Trinajstić information content (AvgIpc) is 2.77. The number of piperidine rings is 1. The lowest BCUT2D eigenvalue weighted by Gasteiger charge is -2.35. The molecule has 1 N–H and O–H groups in total. The number of amides is 2. The van der Waals surface area contributed by atoms with Gasteiger partial charge in [0.05, 0.1) is 0 Å². The number of hydrogen-bond donors (Lipinski definition) is 1. The van der Waals surface area contributed by atoms with E-state index in [9.17, 15) is 14.4 Å². The zero-order chi connectivity index (χ0) is 21.7. The minimum Gasteiger partial charge on any atom is -0.341 e. The Labute approximate surface area is 178 Å². The summed E-state index contributed by atoms with van der Waals surface area (Å²) in [6.45, 7) is 6.87. The Morgan fingerprint density at radius 2 is 1.57 bits per heavy atom. The lowest BCUT2D eigenvalue weighted by Crippen LogP contribution is -2.53. The molecule has 5 nitrogen and oxygen atoms in total. The van der Waals surface area contributed by atoms with E-state index in [2.05, 4.69) is 5.32 Å². The van der Waals surface area contributed by atoms with E-state index in [1.54, 1.807) is 11.0 Å². The summed E-state index contributed by atoms with van der Waals surface area (Å²) in [7, 11) is 0. The highest BCUT2D eigenvalue weighted by Crippen LogP contribution is 2.23. The van der Waals surface area contributed by atoms with Crippen LogP contribution in [0.5, 0.6) is 0 Å². The number of nitrogens with one attached hydrogen (secondary N) is 1. The Morgan fingerprint density at radius 3 is 2.17 bits per heavy atom. The van der Waals surface area contributed by atoms with Gasteiger partial charge in [-0.2, -0.15) is 0 Å². The summed E-state index contributed by atoms with van der Waals surface area (Å²) in [4.78, 5) is 40.3. The van der Waals surface area contributed by atoms with Crippen molar-refractivity contribution in [2.24, 2.45) is 11.8 Å². The quantitative estimate of drug-likeness (QED) is 0.741. The maximum Gasteiger partial charge on any atom is 0.251 e. The Kier molecular flexibility index (Phi) is 7.03. The van der Waals surface area contributed by atoms with E-state index in [1.807, 2.05) is 69.3 Å². The van der Waals surface area contributed by atoms with Crippen LogP contribution in [0.15, 0.2) is 54.6 Å². The molecular formula is C25H30N2O3. The molecule has 0 aliphatic carbocycles. The zero-order valence-electron chi connectivity index (χ0n) is 17.9. The lowest BCUT2D eigenvalue weighted by atomic mass is 9.88. The van der Waals surface area contributed by atoms with Gasteiger partial charge in [0.15, 0.2) is 5.78 Å². The van der Waals surface area contributed by atoms with Crippen molar-refractivity contribution in [3.63, 3.8) is 0 Å². The van der Waals surface area contributed by atoms with Crippen LogP contribution < -0.4 is 5.32 Å². The maximum absolute atomic E-state index is 13.1. The standard InChI is InChI=1S/C25H30N2O3/c1-17(2)22(26-24(29)21-11-7-8-18(3)16-21)25(30)27-14-12-20(13-15-27)23(28)19-9-5-4-6-10-19/h4-11,16-17,20,22H,12-15H2,1-3H3,(H,26,29). The highest BCUT2D eigenvalue weighted by atomic mass is 16.2. The minimum absolute atomic E-state index is 0.0325. The lowest BCUT2D eigenvalue weighted by molar-refractivity contribution is -0.135. The molecule has 1 aliphatic rings. The smallest absolute Gasteiger partial charge is 0.251 e. The van der Waals surface area contributed by atoms with E-state index >= 15 is 0 Å². The first-order chi connectivity index (χ1) is 14.4. The molecule has 2 aromatic rings. The number of nitrogens with zero attached hydrogens (tertiary/aromatic N) is 1. The molecule has 2 aromatic carbocycles. The molecule has 0 radical (unpaired) electrons. The van der Waals surface area contributed by atoms with Crippen LogP contribution in [-0.4, -0.2) is 41.6 Å². The van der Waals surface area contributed by atoms with E-state index in [4.69, 9.17) is 0 Å².